The molecule has 2 atom stereocenters. The van der Waals surface area contributed by atoms with Crippen LogP contribution in [0.2, 0.25) is 0 Å². The summed E-state index contributed by atoms with van der Waals surface area (Å²) in [5.74, 6) is 4.88. The van der Waals surface area contributed by atoms with Gasteiger partial charge >= 0.3 is 0 Å². The summed E-state index contributed by atoms with van der Waals surface area (Å²) in [6.45, 7) is 0.602. The van der Waals surface area contributed by atoms with Crippen molar-refractivity contribution in [3.05, 3.63) is 35.4 Å². The van der Waals surface area contributed by atoms with E-state index in [9.17, 15) is 4.79 Å². The molecule has 5 heteroatoms. The Morgan fingerprint density at radius 3 is 2.57 bits per heavy atom. The molecule has 21 heavy (non-hydrogen) atoms. The van der Waals surface area contributed by atoms with Gasteiger partial charge in [-0.05, 0) is 36.8 Å². The van der Waals surface area contributed by atoms with E-state index >= 15 is 0 Å². The van der Waals surface area contributed by atoms with Crippen LogP contribution in [0.25, 0.3) is 0 Å². The zero-order valence-electron chi connectivity index (χ0n) is 12.5. The van der Waals surface area contributed by atoms with Crippen LogP contribution in [0.4, 0.5) is 0 Å². The van der Waals surface area contributed by atoms with Crippen LogP contribution in [0.3, 0.4) is 0 Å². The molecule has 2 unspecified atom stereocenters. The summed E-state index contributed by atoms with van der Waals surface area (Å²) in [7, 11) is 1.77. The number of hydrogen-bond acceptors (Lipinski definition) is 4. The molecule has 0 saturated heterocycles. The van der Waals surface area contributed by atoms with Gasteiger partial charge in [0.25, 0.3) is 0 Å². The number of hydrazine groups is 1. The first-order chi connectivity index (χ1) is 10.2. The van der Waals surface area contributed by atoms with Crippen LogP contribution in [-0.4, -0.2) is 25.2 Å². The van der Waals surface area contributed by atoms with Crippen molar-refractivity contribution in [3.63, 3.8) is 0 Å². The van der Waals surface area contributed by atoms with Gasteiger partial charge in [-0.15, -0.1) is 0 Å². The van der Waals surface area contributed by atoms with Gasteiger partial charge in [0.15, 0.2) is 0 Å². The van der Waals surface area contributed by atoms with Crippen molar-refractivity contribution in [1.29, 1.82) is 0 Å². The molecule has 3 N–H and O–H groups in total. The lowest BCUT2D eigenvalue weighted by molar-refractivity contribution is -0.120. The molecule has 0 aliphatic heterocycles. The van der Waals surface area contributed by atoms with Gasteiger partial charge in [0.2, 0.25) is 5.91 Å². The molecule has 1 aromatic carbocycles. The van der Waals surface area contributed by atoms with Gasteiger partial charge in [-0.25, -0.2) is 5.84 Å². The fraction of sp³-hybridized carbons (Fsp3) is 0.562. The molecule has 1 aliphatic carbocycles. The highest BCUT2D eigenvalue weighted by atomic mass is 16.5. The Kier molecular flexibility index (Phi) is 6.17. The minimum atomic E-state index is -0.188. The van der Waals surface area contributed by atoms with Crippen LogP contribution in [0.15, 0.2) is 24.3 Å². The standard InChI is InChI=1S/C16H24N2O3/c1-20-14-3-2-4-15(10-14)21-11-13-7-5-12(6-8-13)9-16(19)18-17/h5-8,14-15H,2-4,9-11,17H2,1H3,(H,18,19). The SMILES string of the molecule is COC1CCCC(OCc2ccc(CC(=O)NN)cc2)C1. The number of ether oxygens (including phenoxy) is 2. The summed E-state index contributed by atoms with van der Waals surface area (Å²) in [4.78, 5) is 11.2. The number of nitrogens with one attached hydrogen (secondary N) is 1. The maximum absolute atomic E-state index is 11.2. The minimum absolute atomic E-state index is 0.188. The number of nitrogens with two attached hydrogens (primary N) is 1. The van der Waals surface area contributed by atoms with Crippen LogP contribution in [-0.2, 0) is 27.3 Å². The number of hydrogen-bond donors (Lipinski definition) is 2. The first-order valence-corrected chi connectivity index (χ1v) is 7.43. The Morgan fingerprint density at radius 2 is 1.90 bits per heavy atom. The molecule has 116 valence electrons. The van der Waals surface area contributed by atoms with Crippen molar-refractivity contribution in [3.8, 4) is 0 Å². The molecule has 1 amide bonds. The molecule has 0 aromatic heterocycles. The second-order valence-electron chi connectivity index (χ2n) is 5.52. The summed E-state index contributed by atoms with van der Waals surface area (Å²) >= 11 is 0. The van der Waals surface area contributed by atoms with Crippen LogP contribution in [0.1, 0.15) is 36.8 Å². The minimum Gasteiger partial charge on any atom is -0.381 e. The summed E-state index contributed by atoms with van der Waals surface area (Å²) in [5, 5.41) is 0. The van der Waals surface area contributed by atoms with E-state index in [-0.39, 0.29) is 12.0 Å². The molecular formula is C16H24N2O3. The molecule has 0 spiro atoms. The Balaban J connectivity index is 1.79. The van der Waals surface area contributed by atoms with E-state index in [0.717, 1.165) is 36.8 Å². The molecule has 1 aromatic rings. The highest BCUT2D eigenvalue weighted by Crippen LogP contribution is 2.24. The van der Waals surface area contributed by atoms with Gasteiger partial charge in [0.1, 0.15) is 0 Å². The van der Waals surface area contributed by atoms with Gasteiger partial charge < -0.3 is 9.47 Å². The fourth-order valence-corrected chi connectivity index (χ4v) is 2.67. The Bertz CT molecular complexity index is 447. The highest BCUT2D eigenvalue weighted by molar-refractivity contribution is 5.77. The molecule has 1 fully saturated rings. The van der Waals surface area contributed by atoms with Crippen LogP contribution in [0.5, 0.6) is 0 Å². The fourth-order valence-electron chi connectivity index (χ4n) is 2.67. The average Bonchev–Trinajstić information content (AvgIpc) is 2.54. The number of carbonyl (C=O) groups is 1. The van der Waals surface area contributed by atoms with E-state index in [4.69, 9.17) is 15.3 Å². The van der Waals surface area contributed by atoms with Crippen molar-refractivity contribution in [2.45, 2.75) is 50.9 Å². The number of rotatable bonds is 6. The molecule has 1 saturated carbocycles. The van der Waals surface area contributed by atoms with Crippen molar-refractivity contribution < 1.29 is 14.3 Å². The average molecular weight is 292 g/mol. The van der Waals surface area contributed by atoms with Gasteiger partial charge in [0.05, 0.1) is 25.2 Å². The first-order valence-electron chi connectivity index (χ1n) is 7.43. The van der Waals surface area contributed by atoms with Crippen LogP contribution >= 0.6 is 0 Å². The zero-order chi connectivity index (χ0) is 15.1. The number of amides is 1. The first kappa shape index (κ1) is 15.9. The normalized spacial score (nSPS) is 22.0. The third-order valence-corrected chi connectivity index (χ3v) is 3.95. The lowest BCUT2D eigenvalue weighted by Crippen LogP contribution is -2.31. The summed E-state index contributed by atoms with van der Waals surface area (Å²) < 4.78 is 11.4. The van der Waals surface area contributed by atoms with Gasteiger partial charge in [-0.1, -0.05) is 24.3 Å². The predicted octanol–water partition coefficient (Wildman–Crippen LogP) is 1.69. The van der Waals surface area contributed by atoms with E-state index in [1.807, 2.05) is 24.3 Å². The van der Waals surface area contributed by atoms with Crippen molar-refractivity contribution in [2.75, 3.05) is 7.11 Å². The Hall–Kier alpha value is -1.43. The van der Waals surface area contributed by atoms with Gasteiger partial charge in [-0.2, -0.15) is 0 Å². The molecule has 5 nitrogen and oxygen atoms in total. The molecule has 0 heterocycles. The second-order valence-corrected chi connectivity index (χ2v) is 5.52. The molecule has 1 aliphatic rings. The number of methoxy groups -OCH3 is 1. The van der Waals surface area contributed by atoms with E-state index in [2.05, 4.69) is 5.43 Å². The quantitative estimate of drug-likeness (QED) is 0.475. The van der Waals surface area contributed by atoms with E-state index in [1.165, 1.54) is 0 Å². The zero-order valence-corrected chi connectivity index (χ0v) is 12.5. The molecule has 2 rings (SSSR count). The van der Waals surface area contributed by atoms with Crippen molar-refractivity contribution in [1.82, 2.24) is 5.43 Å². The van der Waals surface area contributed by atoms with E-state index in [0.29, 0.717) is 19.1 Å². The van der Waals surface area contributed by atoms with Gasteiger partial charge in [-0.3, -0.25) is 10.2 Å². The monoisotopic (exact) mass is 292 g/mol. The van der Waals surface area contributed by atoms with Crippen LogP contribution in [0, 0.1) is 0 Å². The Labute approximate surface area is 125 Å². The van der Waals surface area contributed by atoms with E-state index < -0.39 is 0 Å². The smallest absolute Gasteiger partial charge is 0.238 e. The van der Waals surface area contributed by atoms with E-state index in [1.54, 1.807) is 7.11 Å². The lowest BCUT2D eigenvalue weighted by atomic mass is 9.95. The lowest BCUT2D eigenvalue weighted by Gasteiger charge is -2.28. The largest absolute Gasteiger partial charge is 0.381 e. The van der Waals surface area contributed by atoms with Gasteiger partial charge in [0, 0.05) is 7.11 Å². The highest BCUT2D eigenvalue weighted by Gasteiger charge is 2.22. The van der Waals surface area contributed by atoms with Crippen LogP contribution < -0.4 is 11.3 Å². The maximum Gasteiger partial charge on any atom is 0.238 e. The number of benzene rings is 1. The molecule has 0 radical (unpaired) electrons. The van der Waals surface area contributed by atoms with Crippen molar-refractivity contribution >= 4 is 5.91 Å². The third-order valence-electron chi connectivity index (χ3n) is 3.95. The predicted molar refractivity (Wildman–Crippen MR) is 80.3 cm³/mol. The topological polar surface area (TPSA) is 73.6 Å². The second kappa shape index (κ2) is 8.12. The summed E-state index contributed by atoms with van der Waals surface area (Å²) in [5.41, 5.74) is 4.19. The summed E-state index contributed by atoms with van der Waals surface area (Å²) in [6, 6.07) is 7.87. The maximum atomic E-state index is 11.2. The Morgan fingerprint density at radius 1 is 1.24 bits per heavy atom. The third kappa shape index (κ3) is 5.12. The molecule has 0 bridgehead atoms. The molecular weight excluding hydrogens is 268 g/mol. The summed E-state index contributed by atoms with van der Waals surface area (Å²) in [6.07, 6.45) is 5.30. The van der Waals surface area contributed by atoms with Crippen molar-refractivity contribution in [2.24, 2.45) is 5.84 Å². The number of carbonyl (C=O) groups excluding carboxylic acids is 1.